The van der Waals surface area contributed by atoms with Crippen LogP contribution in [-0.4, -0.2) is 15.3 Å². The lowest BCUT2D eigenvalue weighted by Gasteiger charge is -2.13. The van der Waals surface area contributed by atoms with Crippen LogP contribution in [0.4, 0.5) is 0 Å². The van der Waals surface area contributed by atoms with Gasteiger partial charge in [0.1, 0.15) is 12.3 Å². The number of hydrogen-bond acceptors (Lipinski definition) is 3. The summed E-state index contributed by atoms with van der Waals surface area (Å²) in [6.45, 7) is 0.335. The summed E-state index contributed by atoms with van der Waals surface area (Å²) in [7, 11) is 0. The van der Waals surface area contributed by atoms with Gasteiger partial charge >= 0.3 is 0 Å². The van der Waals surface area contributed by atoms with Crippen LogP contribution in [0, 0.1) is 0 Å². The third-order valence-electron chi connectivity index (χ3n) is 4.36. The molecule has 29 heavy (non-hydrogen) atoms. The molecule has 4 nitrogen and oxygen atoms in total. The van der Waals surface area contributed by atoms with Crippen molar-refractivity contribution < 1.29 is 4.84 Å². The lowest BCUT2D eigenvalue weighted by Crippen LogP contribution is -2.09. The normalized spacial score (nSPS) is 11.4. The van der Waals surface area contributed by atoms with Crippen LogP contribution < -0.4 is 0 Å². The summed E-state index contributed by atoms with van der Waals surface area (Å²) >= 11 is 12.0. The smallest absolute Gasteiger partial charge is 0.142 e. The Morgan fingerprint density at radius 3 is 2.28 bits per heavy atom. The minimum Gasteiger partial charge on any atom is -0.390 e. The monoisotopic (exact) mass is 421 g/mol. The topological polar surface area (TPSA) is 39.4 Å². The largest absolute Gasteiger partial charge is 0.390 e. The van der Waals surface area contributed by atoms with E-state index in [2.05, 4.69) is 10.1 Å². The van der Waals surface area contributed by atoms with Gasteiger partial charge in [0, 0.05) is 33.6 Å². The number of halogens is 2. The number of benzene rings is 3. The zero-order chi connectivity index (χ0) is 20.1. The molecule has 0 N–H and O–H groups in total. The van der Waals surface area contributed by atoms with E-state index < -0.39 is 0 Å². The molecule has 0 bridgehead atoms. The van der Waals surface area contributed by atoms with Crippen molar-refractivity contribution in [2.24, 2.45) is 5.16 Å². The lowest BCUT2D eigenvalue weighted by atomic mass is 10.0. The first-order valence-electron chi connectivity index (χ1n) is 8.99. The second-order valence-electron chi connectivity index (χ2n) is 6.33. The van der Waals surface area contributed by atoms with Crippen molar-refractivity contribution >= 4 is 28.9 Å². The molecule has 144 valence electrons. The number of oxime groups is 1. The Morgan fingerprint density at radius 1 is 0.897 bits per heavy atom. The van der Waals surface area contributed by atoms with Gasteiger partial charge in [0.05, 0.1) is 12.0 Å². The van der Waals surface area contributed by atoms with Gasteiger partial charge in [-0.05, 0) is 35.9 Å². The van der Waals surface area contributed by atoms with Gasteiger partial charge in [0.15, 0.2) is 0 Å². The second-order valence-corrected chi connectivity index (χ2v) is 7.21. The number of imidazole rings is 1. The quantitative estimate of drug-likeness (QED) is 0.276. The van der Waals surface area contributed by atoms with E-state index in [1.807, 2.05) is 83.6 Å². The molecule has 1 heterocycles. The van der Waals surface area contributed by atoms with Gasteiger partial charge in [0.2, 0.25) is 0 Å². The summed E-state index contributed by atoms with van der Waals surface area (Å²) in [5.41, 5.74) is 4.47. The van der Waals surface area contributed by atoms with Crippen molar-refractivity contribution in [3.05, 3.63) is 118 Å². The summed E-state index contributed by atoms with van der Waals surface area (Å²) in [6.07, 6.45) is 5.40. The second kappa shape index (κ2) is 8.95. The number of para-hydroxylation sites is 1. The van der Waals surface area contributed by atoms with E-state index in [0.29, 0.717) is 22.4 Å². The maximum atomic E-state index is 6.08. The Balaban J connectivity index is 1.71. The van der Waals surface area contributed by atoms with E-state index in [0.717, 1.165) is 22.4 Å². The first-order valence-corrected chi connectivity index (χ1v) is 9.74. The number of hydrogen-bond donors (Lipinski definition) is 0. The standard InChI is InChI=1S/C23H17Cl2N3O/c24-19-9-5-17(6-10-19)15-29-27-23(18-7-11-20(25)12-8-18)21-3-1-2-4-22(21)28-14-13-26-16-28/h1-14,16H,15H2/b27-23+. The first kappa shape index (κ1) is 19.2. The van der Waals surface area contributed by atoms with Gasteiger partial charge < -0.3 is 9.40 Å². The van der Waals surface area contributed by atoms with Crippen LogP contribution in [0.3, 0.4) is 0 Å². The van der Waals surface area contributed by atoms with Gasteiger partial charge in [-0.15, -0.1) is 0 Å². The molecule has 0 fully saturated rings. The van der Waals surface area contributed by atoms with Crippen molar-refractivity contribution in [2.45, 2.75) is 6.61 Å². The molecule has 4 rings (SSSR count). The number of nitrogens with zero attached hydrogens (tertiary/aromatic N) is 3. The van der Waals surface area contributed by atoms with Crippen LogP contribution in [0.2, 0.25) is 10.0 Å². The molecular formula is C23H17Cl2N3O. The van der Waals surface area contributed by atoms with Crippen molar-refractivity contribution in [1.29, 1.82) is 0 Å². The van der Waals surface area contributed by atoms with Gasteiger partial charge in [-0.3, -0.25) is 0 Å². The zero-order valence-corrected chi connectivity index (χ0v) is 16.9. The van der Waals surface area contributed by atoms with Gasteiger partial charge in [-0.25, -0.2) is 4.98 Å². The highest BCUT2D eigenvalue weighted by Gasteiger charge is 2.14. The fourth-order valence-corrected chi connectivity index (χ4v) is 3.17. The highest BCUT2D eigenvalue weighted by Crippen LogP contribution is 2.21. The van der Waals surface area contributed by atoms with Crippen LogP contribution >= 0.6 is 23.2 Å². The van der Waals surface area contributed by atoms with Crippen molar-refractivity contribution in [2.75, 3.05) is 0 Å². The Bertz CT molecular complexity index is 1110. The maximum absolute atomic E-state index is 6.08. The highest BCUT2D eigenvalue weighted by molar-refractivity contribution is 6.31. The Hall–Kier alpha value is -3.08. The molecular weight excluding hydrogens is 405 g/mol. The zero-order valence-electron chi connectivity index (χ0n) is 15.4. The van der Waals surface area contributed by atoms with Crippen molar-refractivity contribution in [3.63, 3.8) is 0 Å². The molecule has 1 aromatic heterocycles. The fourth-order valence-electron chi connectivity index (χ4n) is 2.92. The molecule has 0 aliphatic rings. The Kier molecular flexibility index (Phi) is 5.94. The summed E-state index contributed by atoms with van der Waals surface area (Å²) in [4.78, 5) is 9.88. The molecule has 0 aliphatic carbocycles. The molecule has 0 aliphatic heterocycles. The first-order chi connectivity index (χ1) is 14.2. The van der Waals surface area contributed by atoms with Crippen LogP contribution in [0.1, 0.15) is 16.7 Å². The average Bonchev–Trinajstić information content (AvgIpc) is 3.28. The molecule has 3 aromatic carbocycles. The van der Waals surface area contributed by atoms with Gasteiger partial charge in [0.25, 0.3) is 0 Å². The third-order valence-corrected chi connectivity index (χ3v) is 4.86. The molecule has 6 heteroatoms. The third kappa shape index (κ3) is 4.67. The van der Waals surface area contributed by atoms with E-state index in [4.69, 9.17) is 28.0 Å². The minimum atomic E-state index is 0.335. The van der Waals surface area contributed by atoms with Gasteiger partial charge in [-0.2, -0.15) is 0 Å². The van der Waals surface area contributed by atoms with Crippen molar-refractivity contribution in [1.82, 2.24) is 9.55 Å². The van der Waals surface area contributed by atoms with Crippen molar-refractivity contribution in [3.8, 4) is 5.69 Å². The SMILES string of the molecule is Clc1ccc(CO/N=C(\c2ccc(Cl)cc2)c2ccccc2-n2ccnc2)cc1. The Labute approximate surface area is 179 Å². The minimum absolute atomic E-state index is 0.335. The molecule has 0 amide bonds. The lowest BCUT2D eigenvalue weighted by molar-refractivity contribution is 0.131. The van der Waals surface area contributed by atoms with E-state index >= 15 is 0 Å². The molecule has 4 aromatic rings. The summed E-state index contributed by atoms with van der Waals surface area (Å²) in [6, 6.07) is 23.0. The average molecular weight is 422 g/mol. The van der Waals surface area contributed by atoms with Crippen LogP contribution in [0.25, 0.3) is 5.69 Å². The van der Waals surface area contributed by atoms with E-state index in [1.54, 1.807) is 12.5 Å². The summed E-state index contributed by atoms with van der Waals surface area (Å²) in [5.74, 6) is 0. The van der Waals surface area contributed by atoms with Crippen LogP contribution in [0.15, 0.2) is 96.7 Å². The molecule has 0 spiro atoms. The highest BCUT2D eigenvalue weighted by atomic mass is 35.5. The molecule has 0 saturated heterocycles. The molecule has 0 radical (unpaired) electrons. The number of rotatable bonds is 6. The summed E-state index contributed by atoms with van der Waals surface area (Å²) in [5, 5.41) is 5.84. The predicted octanol–water partition coefficient (Wildman–Crippen LogP) is 6.15. The summed E-state index contributed by atoms with van der Waals surface area (Å²) < 4.78 is 1.94. The molecule has 0 unspecified atom stereocenters. The van der Waals surface area contributed by atoms with Crippen LogP contribution in [-0.2, 0) is 11.4 Å². The van der Waals surface area contributed by atoms with E-state index in [9.17, 15) is 0 Å². The molecule has 0 atom stereocenters. The Morgan fingerprint density at radius 2 is 1.59 bits per heavy atom. The fraction of sp³-hybridized carbons (Fsp3) is 0.0435. The van der Waals surface area contributed by atoms with E-state index in [1.165, 1.54) is 0 Å². The van der Waals surface area contributed by atoms with Crippen LogP contribution in [0.5, 0.6) is 0 Å². The van der Waals surface area contributed by atoms with Gasteiger partial charge in [-0.1, -0.05) is 70.8 Å². The maximum Gasteiger partial charge on any atom is 0.142 e. The van der Waals surface area contributed by atoms with E-state index in [-0.39, 0.29) is 0 Å². The predicted molar refractivity (Wildman–Crippen MR) is 117 cm³/mol. The molecule has 0 saturated carbocycles. The number of aromatic nitrogens is 2.